The summed E-state index contributed by atoms with van der Waals surface area (Å²) in [7, 11) is 0. The van der Waals surface area contributed by atoms with Crippen LogP contribution in [0.1, 0.15) is 25.3 Å². The number of carbonyl (C=O) groups is 2. The second-order valence-corrected chi connectivity index (χ2v) is 6.68. The second kappa shape index (κ2) is 7.65. The zero-order chi connectivity index (χ0) is 17.8. The molecule has 1 fully saturated rings. The number of hydrogen-bond donors (Lipinski definition) is 2. The van der Waals surface area contributed by atoms with Crippen LogP contribution in [-0.2, 0) is 4.79 Å². The maximum Gasteiger partial charge on any atom is 0.282 e. The number of benzene rings is 1. The number of nitrogens with zero attached hydrogens (tertiary/aromatic N) is 3. The van der Waals surface area contributed by atoms with Crippen molar-refractivity contribution in [2.75, 3.05) is 18.0 Å². The van der Waals surface area contributed by atoms with Crippen molar-refractivity contribution in [3.05, 3.63) is 36.2 Å². The summed E-state index contributed by atoms with van der Waals surface area (Å²) in [5.74, 6) is 1.17. The van der Waals surface area contributed by atoms with E-state index < -0.39 is 11.1 Å². The minimum Gasteiger partial charge on any atom is -0.356 e. The molecule has 6 nitrogen and oxygen atoms in total. The van der Waals surface area contributed by atoms with Crippen molar-refractivity contribution in [1.82, 2.24) is 15.3 Å². The molecule has 1 N–H and O–H groups in total. The molecule has 3 rings (SSSR count). The lowest BCUT2D eigenvalue weighted by molar-refractivity contribution is -0.115. The summed E-state index contributed by atoms with van der Waals surface area (Å²) in [4.78, 5) is 33.4. The molecule has 1 aromatic heterocycles. The van der Waals surface area contributed by atoms with Gasteiger partial charge in [0.25, 0.3) is 11.1 Å². The summed E-state index contributed by atoms with van der Waals surface area (Å²) in [6, 6.07) is 5.76. The Morgan fingerprint density at radius 3 is 2.76 bits per heavy atom. The molecule has 0 aliphatic carbocycles. The molecule has 25 heavy (non-hydrogen) atoms. The number of nitrogens with one attached hydrogen (secondary N) is 1. The van der Waals surface area contributed by atoms with Gasteiger partial charge in [0, 0.05) is 24.6 Å². The van der Waals surface area contributed by atoms with E-state index in [1.807, 2.05) is 18.2 Å². The first-order valence-corrected chi connectivity index (χ1v) is 8.69. The fourth-order valence-corrected chi connectivity index (χ4v) is 3.07. The number of carbonyl (C=O) groups excluding carboxylic acids is 2. The van der Waals surface area contributed by atoms with Gasteiger partial charge in [0.15, 0.2) is 0 Å². The molecule has 130 valence electrons. The number of fused-ring (bicyclic) bond motifs is 1. The molecular formula is C18H20N4O2S. The topological polar surface area (TPSA) is 75.2 Å². The van der Waals surface area contributed by atoms with Gasteiger partial charge in [-0.3, -0.25) is 14.9 Å². The Morgan fingerprint density at radius 2 is 2.04 bits per heavy atom. The van der Waals surface area contributed by atoms with Crippen LogP contribution in [0.15, 0.2) is 30.6 Å². The molecule has 1 aromatic carbocycles. The van der Waals surface area contributed by atoms with Gasteiger partial charge in [0.05, 0.1) is 5.52 Å². The Kier molecular flexibility index (Phi) is 5.33. The molecular weight excluding hydrogens is 336 g/mol. The summed E-state index contributed by atoms with van der Waals surface area (Å²) in [5.41, 5.74) is 1.71. The number of amides is 2. The first-order chi connectivity index (χ1) is 12.0. The molecule has 1 aliphatic rings. The number of piperidine rings is 1. The van der Waals surface area contributed by atoms with Crippen molar-refractivity contribution in [3.63, 3.8) is 0 Å². The van der Waals surface area contributed by atoms with Crippen LogP contribution in [0, 0.1) is 5.92 Å². The van der Waals surface area contributed by atoms with E-state index in [1.54, 1.807) is 12.4 Å². The highest BCUT2D eigenvalue weighted by atomic mass is 32.1. The van der Waals surface area contributed by atoms with Crippen LogP contribution in [0.3, 0.4) is 0 Å². The molecule has 2 heterocycles. The molecule has 7 heteroatoms. The average molecular weight is 356 g/mol. The number of hydrogen-bond acceptors (Lipinski definition) is 5. The maximum absolute atomic E-state index is 11.5. The van der Waals surface area contributed by atoms with Gasteiger partial charge in [0.1, 0.15) is 12.1 Å². The Balaban J connectivity index is 1.88. The lowest BCUT2D eigenvalue weighted by Crippen LogP contribution is -2.33. The van der Waals surface area contributed by atoms with Crippen LogP contribution < -0.4 is 10.2 Å². The van der Waals surface area contributed by atoms with E-state index in [0.29, 0.717) is 0 Å². The van der Waals surface area contributed by atoms with E-state index >= 15 is 0 Å². The normalized spacial score (nSPS) is 15.7. The van der Waals surface area contributed by atoms with E-state index in [9.17, 15) is 9.59 Å². The number of rotatable bonds is 3. The Morgan fingerprint density at radius 1 is 1.28 bits per heavy atom. The molecule has 0 radical (unpaired) electrons. The summed E-state index contributed by atoms with van der Waals surface area (Å²) in [6.07, 6.45) is 6.87. The monoisotopic (exact) mass is 356 g/mol. The standard InChI is InChI=1S/C18H20N4O2S/c1-12-6-8-22(9-7-12)17-14-10-13(2-4-15(14)19-11-20-17)3-5-16(23)21-18(24)25/h2-5,10-12H,6-9H2,1H3,(H2,21,23,24,25)/b5-3+. The predicted molar refractivity (Wildman–Crippen MR) is 102 cm³/mol. The highest BCUT2D eigenvalue weighted by molar-refractivity contribution is 7.96. The van der Waals surface area contributed by atoms with Gasteiger partial charge in [-0.25, -0.2) is 9.97 Å². The predicted octanol–water partition coefficient (Wildman–Crippen LogP) is 3.05. The SMILES string of the molecule is CC1CCN(c2ncnc3ccc(/C=C/C(=O)NC(=O)S)cc23)CC1. The lowest BCUT2D eigenvalue weighted by Gasteiger charge is -2.31. The third-order valence-corrected chi connectivity index (χ3v) is 4.49. The number of anilines is 1. The van der Waals surface area contributed by atoms with Crippen LogP contribution >= 0.6 is 12.6 Å². The van der Waals surface area contributed by atoms with Crippen LogP contribution in [0.2, 0.25) is 0 Å². The summed E-state index contributed by atoms with van der Waals surface area (Å²) in [6.45, 7) is 4.25. The highest BCUT2D eigenvalue weighted by Gasteiger charge is 2.19. The van der Waals surface area contributed by atoms with Gasteiger partial charge in [0.2, 0.25) is 0 Å². The van der Waals surface area contributed by atoms with E-state index in [2.05, 4.69) is 39.7 Å². The molecule has 0 saturated carbocycles. The molecule has 0 spiro atoms. The van der Waals surface area contributed by atoms with E-state index in [1.165, 1.54) is 6.08 Å². The van der Waals surface area contributed by atoms with Gasteiger partial charge in [-0.15, -0.1) is 0 Å². The Bertz CT molecular complexity index is 829. The average Bonchev–Trinajstić information content (AvgIpc) is 2.59. The van der Waals surface area contributed by atoms with Crippen LogP contribution in [0.25, 0.3) is 17.0 Å². The van der Waals surface area contributed by atoms with Crippen molar-refractivity contribution in [2.24, 2.45) is 5.92 Å². The fraction of sp³-hybridized carbons (Fsp3) is 0.333. The first-order valence-electron chi connectivity index (χ1n) is 8.24. The van der Waals surface area contributed by atoms with Crippen LogP contribution in [0.5, 0.6) is 0 Å². The highest BCUT2D eigenvalue weighted by Crippen LogP contribution is 2.28. The van der Waals surface area contributed by atoms with Crippen molar-refractivity contribution >= 4 is 46.6 Å². The third-order valence-electron chi connectivity index (χ3n) is 4.38. The fourth-order valence-electron chi connectivity index (χ4n) is 2.96. The third kappa shape index (κ3) is 4.36. The molecule has 2 aromatic rings. The van der Waals surface area contributed by atoms with Crippen molar-refractivity contribution < 1.29 is 9.59 Å². The first kappa shape index (κ1) is 17.4. The number of thiol groups is 1. The molecule has 2 amide bonds. The largest absolute Gasteiger partial charge is 0.356 e. The van der Waals surface area contributed by atoms with Gasteiger partial charge >= 0.3 is 0 Å². The van der Waals surface area contributed by atoms with E-state index in [0.717, 1.165) is 54.1 Å². The van der Waals surface area contributed by atoms with E-state index in [-0.39, 0.29) is 0 Å². The molecule has 1 aliphatic heterocycles. The van der Waals surface area contributed by atoms with Crippen molar-refractivity contribution in [2.45, 2.75) is 19.8 Å². The van der Waals surface area contributed by atoms with Gasteiger partial charge in [-0.05, 0) is 42.5 Å². The van der Waals surface area contributed by atoms with Crippen molar-refractivity contribution in [1.29, 1.82) is 0 Å². The van der Waals surface area contributed by atoms with E-state index in [4.69, 9.17) is 0 Å². The number of imide groups is 1. The molecule has 0 bridgehead atoms. The Hall–Kier alpha value is -2.41. The zero-order valence-electron chi connectivity index (χ0n) is 14.0. The van der Waals surface area contributed by atoms with Crippen molar-refractivity contribution in [3.8, 4) is 0 Å². The number of aromatic nitrogens is 2. The minimum atomic E-state index is -0.678. The van der Waals surface area contributed by atoms with Crippen LogP contribution in [-0.4, -0.2) is 34.2 Å². The lowest BCUT2D eigenvalue weighted by atomic mass is 9.99. The maximum atomic E-state index is 11.5. The summed E-state index contributed by atoms with van der Waals surface area (Å²) < 4.78 is 0. The minimum absolute atomic E-state index is 0.505. The van der Waals surface area contributed by atoms with Gasteiger partial charge in [-0.1, -0.05) is 25.6 Å². The zero-order valence-corrected chi connectivity index (χ0v) is 14.9. The molecule has 0 atom stereocenters. The van der Waals surface area contributed by atoms with Crippen LogP contribution in [0.4, 0.5) is 10.6 Å². The Labute approximate surface area is 151 Å². The second-order valence-electron chi connectivity index (χ2n) is 6.27. The van der Waals surface area contributed by atoms with Gasteiger partial charge in [-0.2, -0.15) is 0 Å². The molecule has 0 unspecified atom stereocenters. The summed E-state index contributed by atoms with van der Waals surface area (Å²) >= 11 is 3.52. The molecule has 1 saturated heterocycles. The summed E-state index contributed by atoms with van der Waals surface area (Å²) in [5, 5.41) is 2.37. The quantitative estimate of drug-likeness (QED) is 0.653. The smallest absolute Gasteiger partial charge is 0.282 e. The van der Waals surface area contributed by atoms with Gasteiger partial charge < -0.3 is 4.90 Å².